The molecule has 2 amide bonds. The smallest absolute Gasteiger partial charge is 0.410 e. The summed E-state index contributed by atoms with van der Waals surface area (Å²) in [5.74, 6) is -1.73. The molecule has 0 aromatic carbocycles. The summed E-state index contributed by atoms with van der Waals surface area (Å²) in [6, 6.07) is 1.24. The lowest BCUT2D eigenvalue weighted by atomic mass is 10.1. The van der Waals surface area contributed by atoms with Gasteiger partial charge in [0, 0.05) is 25.3 Å². The maximum Gasteiger partial charge on any atom is 0.410 e. The van der Waals surface area contributed by atoms with Gasteiger partial charge >= 0.3 is 12.1 Å². The zero-order chi connectivity index (χ0) is 21.5. The molecule has 1 fully saturated rings. The summed E-state index contributed by atoms with van der Waals surface area (Å²) in [5.41, 5.74) is 5.90. The Balaban J connectivity index is 1.90. The Morgan fingerprint density at radius 3 is 2.59 bits per heavy atom. The van der Waals surface area contributed by atoms with E-state index in [1.165, 1.54) is 23.0 Å². The van der Waals surface area contributed by atoms with Crippen molar-refractivity contribution in [3.8, 4) is 0 Å². The number of carbonyl (C=O) groups excluding carboxylic acids is 2. The fourth-order valence-electron chi connectivity index (χ4n) is 3.33. The number of fused-ring (bicyclic) bond motifs is 1. The van der Waals surface area contributed by atoms with Crippen molar-refractivity contribution in [2.75, 3.05) is 18.4 Å². The van der Waals surface area contributed by atoms with Crippen molar-refractivity contribution < 1.29 is 24.2 Å². The van der Waals surface area contributed by atoms with E-state index in [9.17, 15) is 19.5 Å². The van der Waals surface area contributed by atoms with Crippen LogP contribution in [0.15, 0.2) is 18.5 Å². The number of amides is 2. The van der Waals surface area contributed by atoms with Crippen LogP contribution < -0.4 is 11.1 Å². The number of likely N-dealkylation sites (tertiary alicyclic amines) is 1. The highest BCUT2D eigenvalue weighted by Crippen LogP contribution is 2.28. The molecule has 29 heavy (non-hydrogen) atoms. The largest absolute Gasteiger partial charge is 0.478 e. The number of carboxylic acids is 1. The summed E-state index contributed by atoms with van der Waals surface area (Å²) in [5, 5.41) is 16.6. The maximum absolute atomic E-state index is 12.4. The van der Waals surface area contributed by atoms with E-state index in [1.54, 1.807) is 25.7 Å². The number of anilines is 1. The summed E-state index contributed by atoms with van der Waals surface area (Å²) in [6.45, 7) is 8.25. The average molecular weight is 403 g/mol. The van der Waals surface area contributed by atoms with E-state index in [2.05, 4.69) is 10.4 Å². The molecule has 1 saturated heterocycles. The Bertz CT molecular complexity index is 977. The van der Waals surface area contributed by atoms with Gasteiger partial charge in [0.25, 0.3) is 5.91 Å². The second-order valence-corrected chi connectivity index (χ2v) is 8.27. The lowest BCUT2D eigenvalue weighted by Gasteiger charge is -2.24. The topological polar surface area (TPSA) is 139 Å². The van der Waals surface area contributed by atoms with Crippen molar-refractivity contribution in [3.05, 3.63) is 29.6 Å². The van der Waals surface area contributed by atoms with Gasteiger partial charge in [-0.2, -0.15) is 5.10 Å². The van der Waals surface area contributed by atoms with E-state index in [0.29, 0.717) is 24.3 Å². The molecule has 3 heterocycles. The summed E-state index contributed by atoms with van der Waals surface area (Å²) < 4.78 is 6.81. The molecule has 10 heteroatoms. The molecular formula is C19H25N5O5. The van der Waals surface area contributed by atoms with Gasteiger partial charge in [-0.1, -0.05) is 6.92 Å². The molecular weight excluding hydrogens is 378 g/mol. The van der Waals surface area contributed by atoms with E-state index in [4.69, 9.17) is 10.5 Å². The van der Waals surface area contributed by atoms with Crippen LogP contribution in [-0.4, -0.2) is 62.3 Å². The van der Waals surface area contributed by atoms with Crippen molar-refractivity contribution in [2.45, 2.75) is 39.3 Å². The normalized spacial score (nSPS) is 19.4. The van der Waals surface area contributed by atoms with Crippen molar-refractivity contribution in [3.63, 3.8) is 0 Å². The van der Waals surface area contributed by atoms with Crippen LogP contribution in [0.4, 0.5) is 10.5 Å². The van der Waals surface area contributed by atoms with Crippen LogP contribution in [0, 0.1) is 5.92 Å². The molecule has 1 aliphatic rings. The number of primary amides is 1. The van der Waals surface area contributed by atoms with Gasteiger partial charge in [0.05, 0.1) is 28.5 Å². The van der Waals surface area contributed by atoms with Gasteiger partial charge < -0.3 is 25.8 Å². The number of hydrogen-bond acceptors (Lipinski definition) is 6. The predicted molar refractivity (Wildman–Crippen MR) is 105 cm³/mol. The molecule has 2 aromatic rings. The van der Waals surface area contributed by atoms with Gasteiger partial charge in [-0.3, -0.25) is 4.79 Å². The van der Waals surface area contributed by atoms with Crippen molar-refractivity contribution in [2.24, 2.45) is 11.7 Å². The zero-order valence-corrected chi connectivity index (χ0v) is 16.8. The standard InChI is InChI=1S/C19H25N5O5/c1-10-7-23(18(28)29-19(2,3)4)9-13(10)22-15-12(16(20)25)6-21-24-8-11(17(26)27)5-14(15)24/h5-6,8,10,13,22H,7,9H2,1-4H3,(H2,20,25)(H,26,27)/t10-,13+/m0/s1. The first-order valence-corrected chi connectivity index (χ1v) is 9.25. The lowest BCUT2D eigenvalue weighted by molar-refractivity contribution is 0.0288. The molecule has 0 saturated carbocycles. The van der Waals surface area contributed by atoms with Crippen LogP contribution in [0.2, 0.25) is 0 Å². The number of ether oxygens (including phenoxy) is 1. The number of rotatable bonds is 4. The van der Waals surface area contributed by atoms with Gasteiger partial charge in [0.15, 0.2) is 0 Å². The number of aromatic nitrogens is 2. The second-order valence-electron chi connectivity index (χ2n) is 8.27. The SMILES string of the molecule is C[C@H]1CN(C(=O)OC(C)(C)C)C[C@H]1Nc1c(C(N)=O)cnn2cc(C(=O)O)cc12. The molecule has 0 spiro atoms. The highest BCUT2D eigenvalue weighted by atomic mass is 16.6. The highest BCUT2D eigenvalue weighted by Gasteiger charge is 2.35. The molecule has 1 aliphatic heterocycles. The van der Waals surface area contributed by atoms with Crippen LogP contribution in [0.5, 0.6) is 0 Å². The third-order valence-electron chi connectivity index (χ3n) is 4.74. The number of nitrogens with two attached hydrogens (primary N) is 1. The van der Waals surface area contributed by atoms with E-state index < -0.39 is 23.6 Å². The first-order valence-electron chi connectivity index (χ1n) is 9.25. The maximum atomic E-state index is 12.4. The third-order valence-corrected chi connectivity index (χ3v) is 4.74. The second kappa shape index (κ2) is 7.26. The zero-order valence-electron chi connectivity index (χ0n) is 16.8. The molecule has 2 aromatic heterocycles. The molecule has 156 valence electrons. The Kier molecular flexibility index (Phi) is 5.12. The first kappa shape index (κ1) is 20.4. The summed E-state index contributed by atoms with van der Waals surface area (Å²) in [7, 11) is 0. The molecule has 0 radical (unpaired) electrons. The minimum Gasteiger partial charge on any atom is -0.478 e. The third kappa shape index (κ3) is 4.25. The highest BCUT2D eigenvalue weighted by molar-refractivity contribution is 6.03. The van der Waals surface area contributed by atoms with Crippen LogP contribution in [0.1, 0.15) is 48.4 Å². The fourth-order valence-corrected chi connectivity index (χ4v) is 3.33. The quantitative estimate of drug-likeness (QED) is 0.707. The minimum atomic E-state index is -1.10. The molecule has 3 rings (SSSR count). The van der Waals surface area contributed by atoms with Crippen LogP contribution in [0.3, 0.4) is 0 Å². The monoisotopic (exact) mass is 403 g/mol. The Morgan fingerprint density at radius 2 is 2.00 bits per heavy atom. The molecule has 4 N–H and O–H groups in total. The molecule has 2 atom stereocenters. The van der Waals surface area contributed by atoms with Gasteiger partial charge in [-0.05, 0) is 32.8 Å². The van der Waals surface area contributed by atoms with E-state index in [1.807, 2.05) is 6.92 Å². The van der Waals surface area contributed by atoms with Crippen molar-refractivity contribution in [1.29, 1.82) is 0 Å². The Morgan fingerprint density at radius 1 is 1.31 bits per heavy atom. The molecule has 0 bridgehead atoms. The van der Waals surface area contributed by atoms with Gasteiger partial charge in [-0.15, -0.1) is 0 Å². The minimum absolute atomic E-state index is 0.0389. The van der Waals surface area contributed by atoms with Gasteiger partial charge in [0.1, 0.15) is 5.60 Å². The fraction of sp³-hybridized carbons (Fsp3) is 0.474. The first-order chi connectivity index (χ1) is 13.5. The predicted octanol–water partition coefficient (Wildman–Crippen LogP) is 1.80. The summed E-state index contributed by atoms with van der Waals surface area (Å²) >= 11 is 0. The van der Waals surface area contributed by atoms with Crippen molar-refractivity contribution in [1.82, 2.24) is 14.5 Å². The number of aromatic carboxylic acids is 1. The molecule has 0 aliphatic carbocycles. The Labute approximate surface area is 167 Å². The Hall–Kier alpha value is -3.30. The summed E-state index contributed by atoms with van der Waals surface area (Å²) in [4.78, 5) is 37.2. The van der Waals surface area contributed by atoms with Gasteiger partial charge in [0.2, 0.25) is 0 Å². The average Bonchev–Trinajstić information content (AvgIpc) is 3.17. The van der Waals surface area contributed by atoms with Crippen LogP contribution >= 0.6 is 0 Å². The molecule has 10 nitrogen and oxygen atoms in total. The lowest BCUT2D eigenvalue weighted by Crippen LogP contribution is -2.36. The number of carboxylic acid groups (broad SMARTS) is 1. The van der Waals surface area contributed by atoms with E-state index in [-0.39, 0.29) is 23.1 Å². The van der Waals surface area contributed by atoms with Crippen molar-refractivity contribution >= 4 is 29.2 Å². The van der Waals surface area contributed by atoms with Crippen LogP contribution in [0.25, 0.3) is 5.52 Å². The number of carbonyl (C=O) groups is 3. The van der Waals surface area contributed by atoms with E-state index in [0.717, 1.165) is 0 Å². The number of hydrogen-bond donors (Lipinski definition) is 3. The number of nitrogens with one attached hydrogen (secondary N) is 1. The molecule has 0 unspecified atom stereocenters. The van der Waals surface area contributed by atoms with E-state index >= 15 is 0 Å². The van der Waals surface area contributed by atoms with Gasteiger partial charge in [-0.25, -0.2) is 14.1 Å². The summed E-state index contributed by atoms with van der Waals surface area (Å²) in [6.07, 6.45) is 2.26. The van der Waals surface area contributed by atoms with Crippen LogP contribution in [-0.2, 0) is 4.74 Å². The number of nitrogens with zero attached hydrogens (tertiary/aromatic N) is 3.